The Kier molecular flexibility index (Phi) is 9.54. The van der Waals surface area contributed by atoms with Crippen molar-refractivity contribution in [2.24, 2.45) is 5.10 Å². The topological polar surface area (TPSA) is 106 Å². The number of carboxylic acid groups (broad SMARTS) is 1. The van der Waals surface area contributed by atoms with E-state index in [4.69, 9.17) is 19.3 Å². The normalized spacial score (nSPS) is 10.5. The van der Waals surface area contributed by atoms with Crippen LogP contribution in [-0.4, -0.2) is 43.0 Å². The molecule has 2 rings (SSSR count). The minimum absolute atomic E-state index is 0.283. The molecule has 0 bridgehead atoms. The second-order valence-electron chi connectivity index (χ2n) is 5.88. The Morgan fingerprint density at radius 3 is 2.61 bits per heavy atom. The number of carboxylic acids is 1. The van der Waals surface area contributed by atoms with Crippen LogP contribution in [0, 0.1) is 0 Å². The molecule has 0 unspecified atom stereocenters. The van der Waals surface area contributed by atoms with Gasteiger partial charge in [-0.15, -0.1) is 0 Å². The molecule has 2 N–H and O–H groups in total. The van der Waals surface area contributed by atoms with Gasteiger partial charge < -0.3 is 19.3 Å². The van der Waals surface area contributed by atoms with Gasteiger partial charge in [0.15, 0.2) is 18.1 Å². The van der Waals surface area contributed by atoms with E-state index in [1.807, 2.05) is 6.92 Å². The molecule has 0 aliphatic heterocycles. The van der Waals surface area contributed by atoms with E-state index in [0.29, 0.717) is 44.8 Å². The van der Waals surface area contributed by atoms with Crippen molar-refractivity contribution >= 4 is 50.0 Å². The third-order valence-electron chi connectivity index (χ3n) is 3.61. The van der Waals surface area contributed by atoms with Gasteiger partial charge in [0.1, 0.15) is 12.4 Å². The number of nitrogens with zero attached hydrogens (tertiary/aromatic N) is 1. The lowest BCUT2D eigenvalue weighted by Gasteiger charge is -2.12. The van der Waals surface area contributed by atoms with Crippen LogP contribution in [0.1, 0.15) is 22.8 Å². The fraction of sp³-hybridized carbons (Fsp3) is 0.190. The highest BCUT2D eigenvalue weighted by molar-refractivity contribution is 9.11. The third-order valence-corrected chi connectivity index (χ3v) is 4.66. The second kappa shape index (κ2) is 12.1. The first-order valence-corrected chi connectivity index (χ1v) is 10.6. The summed E-state index contributed by atoms with van der Waals surface area (Å²) in [6.07, 6.45) is 2.97. The number of benzene rings is 2. The molecular formula is C21H20Br2N2O6. The number of amides is 1. The summed E-state index contributed by atoms with van der Waals surface area (Å²) in [6.45, 7) is 5.63. The van der Waals surface area contributed by atoms with Crippen LogP contribution in [0.5, 0.6) is 17.2 Å². The molecular weight excluding hydrogens is 536 g/mol. The number of ether oxygens (including phenoxy) is 3. The molecule has 8 nitrogen and oxygen atoms in total. The number of hydrogen-bond donors (Lipinski definition) is 2. The van der Waals surface area contributed by atoms with Crippen LogP contribution in [-0.2, 0) is 4.79 Å². The lowest BCUT2D eigenvalue weighted by Crippen LogP contribution is -2.18. The largest absolute Gasteiger partial charge is 0.490 e. The van der Waals surface area contributed by atoms with E-state index in [2.05, 4.69) is 49.0 Å². The van der Waals surface area contributed by atoms with Crippen LogP contribution in [0.15, 0.2) is 57.0 Å². The van der Waals surface area contributed by atoms with Gasteiger partial charge in [-0.25, -0.2) is 10.2 Å². The van der Waals surface area contributed by atoms with Crippen LogP contribution < -0.4 is 19.6 Å². The maximum Gasteiger partial charge on any atom is 0.341 e. The van der Waals surface area contributed by atoms with Gasteiger partial charge in [-0.1, -0.05) is 28.6 Å². The van der Waals surface area contributed by atoms with Crippen molar-refractivity contribution in [2.45, 2.75) is 6.92 Å². The van der Waals surface area contributed by atoms with Crippen molar-refractivity contribution in [3.63, 3.8) is 0 Å². The van der Waals surface area contributed by atoms with E-state index in [-0.39, 0.29) is 5.75 Å². The Hall–Kier alpha value is -2.85. The van der Waals surface area contributed by atoms with E-state index >= 15 is 0 Å². The molecule has 0 heterocycles. The monoisotopic (exact) mass is 554 g/mol. The molecule has 0 fully saturated rings. The highest BCUT2D eigenvalue weighted by atomic mass is 79.9. The highest BCUT2D eigenvalue weighted by Crippen LogP contribution is 2.32. The molecule has 0 aromatic heterocycles. The van der Waals surface area contributed by atoms with Crippen molar-refractivity contribution in [2.75, 3.05) is 19.8 Å². The maximum absolute atomic E-state index is 12.5. The zero-order chi connectivity index (χ0) is 22.8. The fourth-order valence-electron chi connectivity index (χ4n) is 2.37. The quantitative estimate of drug-likeness (QED) is 0.242. The van der Waals surface area contributed by atoms with Crippen molar-refractivity contribution in [3.05, 3.63) is 63.1 Å². The van der Waals surface area contributed by atoms with E-state index in [1.165, 1.54) is 6.21 Å². The van der Waals surface area contributed by atoms with Crippen LogP contribution in [0.2, 0.25) is 0 Å². The summed E-state index contributed by atoms with van der Waals surface area (Å²) in [5.74, 6) is -0.362. The van der Waals surface area contributed by atoms with Gasteiger partial charge in [-0.05, 0) is 53.2 Å². The average molecular weight is 556 g/mol. The number of halogens is 2. The van der Waals surface area contributed by atoms with Crippen molar-refractivity contribution < 1.29 is 28.9 Å². The molecule has 10 heteroatoms. The molecule has 0 atom stereocenters. The second-order valence-corrected chi connectivity index (χ2v) is 7.65. The van der Waals surface area contributed by atoms with E-state index < -0.39 is 18.5 Å². The van der Waals surface area contributed by atoms with Crippen LogP contribution in [0.25, 0.3) is 0 Å². The van der Waals surface area contributed by atoms with Gasteiger partial charge in [0.2, 0.25) is 0 Å². The van der Waals surface area contributed by atoms with Crippen LogP contribution in [0.3, 0.4) is 0 Å². The summed E-state index contributed by atoms with van der Waals surface area (Å²) in [5, 5.41) is 12.8. The first kappa shape index (κ1) is 24.4. The molecule has 1 amide bonds. The van der Waals surface area contributed by atoms with Crippen LogP contribution in [0.4, 0.5) is 0 Å². The first-order valence-electron chi connectivity index (χ1n) is 9.03. The van der Waals surface area contributed by atoms with Crippen molar-refractivity contribution in [1.82, 2.24) is 5.43 Å². The van der Waals surface area contributed by atoms with Crippen molar-refractivity contribution in [3.8, 4) is 17.2 Å². The standard InChI is InChI=1S/C21H20Br2N2O6/c1-3-7-30-17-6-5-13(9-18(17)29-4-2)21(28)25-24-11-14-8-15(22)10-16(23)20(14)31-12-19(26)27/h3,5-6,8-11H,1,4,7,12H2,2H3,(H,25,28)(H,26,27)/b24-11+. The molecule has 0 aliphatic rings. The molecule has 2 aromatic carbocycles. The first-order chi connectivity index (χ1) is 14.8. The smallest absolute Gasteiger partial charge is 0.341 e. The number of carbonyl (C=O) groups is 2. The number of carbonyl (C=O) groups excluding carboxylic acids is 1. The minimum atomic E-state index is -1.11. The summed E-state index contributed by atoms with van der Waals surface area (Å²) in [4.78, 5) is 23.3. The molecule has 164 valence electrons. The molecule has 0 spiro atoms. The number of aliphatic carboxylic acids is 1. The van der Waals surface area contributed by atoms with Gasteiger partial charge in [-0.3, -0.25) is 4.79 Å². The lowest BCUT2D eigenvalue weighted by atomic mass is 10.2. The number of rotatable bonds is 11. The Morgan fingerprint density at radius 1 is 1.16 bits per heavy atom. The lowest BCUT2D eigenvalue weighted by molar-refractivity contribution is -0.139. The van der Waals surface area contributed by atoms with E-state index in [0.717, 1.165) is 0 Å². The zero-order valence-corrected chi connectivity index (χ0v) is 19.7. The summed E-state index contributed by atoms with van der Waals surface area (Å²) in [7, 11) is 0. The SMILES string of the molecule is C=CCOc1ccc(C(=O)N/N=C/c2cc(Br)cc(Br)c2OCC(=O)O)cc1OCC. The van der Waals surface area contributed by atoms with Gasteiger partial charge in [0, 0.05) is 15.6 Å². The van der Waals surface area contributed by atoms with Crippen molar-refractivity contribution in [1.29, 1.82) is 0 Å². The molecule has 0 aliphatic carbocycles. The Bertz CT molecular complexity index is 994. The van der Waals surface area contributed by atoms with E-state index in [9.17, 15) is 9.59 Å². The highest BCUT2D eigenvalue weighted by Gasteiger charge is 2.13. The van der Waals surface area contributed by atoms with Gasteiger partial charge in [0.25, 0.3) is 5.91 Å². The molecule has 0 saturated carbocycles. The molecule has 0 saturated heterocycles. The minimum Gasteiger partial charge on any atom is -0.490 e. The molecule has 0 radical (unpaired) electrons. The molecule has 2 aromatic rings. The van der Waals surface area contributed by atoms with Gasteiger partial charge >= 0.3 is 5.97 Å². The maximum atomic E-state index is 12.5. The number of hydrazone groups is 1. The summed E-state index contributed by atoms with van der Waals surface area (Å²) < 4.78 is 17.6. The number of hydrogen-bond acceptors (Lipinski definition) is 6. The predicted octanol–water partition coefficient (Wildman–Crippen LogP) is 4.40. The zero-order valence-electron chi connectivity index (χ0n) is 16.6. The summed E-state index contributed by atoms with van der Waals surface area (Å²) in [6, 6.07) is 8.16. The molecule has 31 heavy (non-hydrogen) atoms. The van der Waals surface area contributed by atoms with Gasteiger partial charge in [-0.2, -0.15) is 5.10 Å². The van der Waals surface area contributed by atoms with Gasteiger partial charge in [0.05, 0.1) is 17.3 Å². The Labute approximate surface area is 196 Å². The summed E-state index contributed by atoms with van der Waals surface area (Å²) >= 11 is 6.67. The fourth-order valence-corrected chi connectivity index (χ4v) is 3.75. The van der Waals surface area contributed by atoms with E-state index in [1.54, 1.807) is 36.4 Å². The average Bonchev–Trinajstić information content (AvgIpc) is 2.72. The van der Waals surface area contributed by atoms with Crippen LogP contribution >= 0.6 is 31.9 Å². The Balaban J connectivity index is 2.17. The Morgan fingerprint density at radius 2 is 1.94 bits per heavy atom. The third kappa shape index (κ3) is 7.41. The predicted molar refractivity (Wildman–Crippen MR) is 123 cm³/mol. The summed E-state index contributed by atoms with van der Waals surface area (Å²) in [5.41, 5.74) is 3.21. The number of nitrogens with one attached hydrogen (secondary N) is 1.